The molecule has 0 aromatic carbocycles. The number of aliphatic hydroxyl groups excluding tert-OH is 1. The Balaban J connectivity index is 0.000000331. The highest BCUT2D eigenvalue weighted by Gasteiger charge is 2.24. The van der Waals surface area contributed by atoms with Crippen molar-refractivity contribution in [2.45, 2.75) is 59.3 Å². The third-order valence-electron chi connectivity index (χ3n) is 5.17. The molecule has 38 heavy (non-hydrogen) atoms. The first-order valence-electron chi connectivity index (χ1n) is 12.6. The second-order valence-electron chi connectivity index (χ2n) is 8.64. The first kappa shape index (κ1) is 32.1. The quantitative estimate of drug-likeness (QED) is 0.261. The molecule has 0 radical (unpaired) electrons. The number of carbonyl (C=O) groups excluding carboxylic acids is 1. The molecule has 0 amide bonds. The summed E-state index contributed by atoms with van der Waals surface area (Å²) in [5.74, 6) is 1.61. The zero-order valence-electron chi connectivity index (χ0n) is 23.1. The summed E-state index contributed by atoms with van der Waals surface area (Å²) in [5.41, 5.74) is 12.2. The topological polar surface area (TPSA) is 152 Å². The van der Waals surface area contributed by atoms with Gasteiger partial charge in [0.05, 0.1) is 11.9 Å². The van der Waals surface area contributed by atoms with E-state index in [1.165, 1.54) is 24.8 Å². The largest absolute Gasteiger partial charge is 0.396 e. The molecule has 4 heterocycles. The number of rotatable bonds is 4. The molecule has 0 saturated heterocycles. The number of anilines is 2. The van der Waals surface area contributed by atoms with Gasteiger partial charge >= 0.3 is 0 Å². The van der Waals surface area contributed by atoms with Crippen LogP contribution >= 0.6 is 0 Å². The Morgan fingerprint density at radius 1 is 1.16 bits per heavy atom. The van der Waals surface area contributed by atoms with Gasteiger partial charge < -0.3 is 15.6 Å². The van der Waals surface area contributed by atoms with E-state index in [1.54, 1.807) is 24.7 Å². The summed E-state index contributed by atoms with van der Waals surface area (Å²) in [4.78, 5) is 20.5. The molecular weight excluding hydrogens is 482 g/mol. The summed E-state index contributed by atoms with van der Waals surface area (Å²) in [6.07, 6.45) is 14.0. The fourth-order valence-electron chi connectivity index (χ4n) is 3.17. The van der Waals surface area contributed by atoms with Gasteiger partial charge in [-0.15, -0.1) is 0 Å². The number of carbonyl (C=O) groups is 1. The van der Waals surface area contributed by atoms with Gasteiger partial charge in [0, 0.05) is 49.4 Å². The fourth-order valence-corrected chi connectivity index (χ4v) is 3.17. The average molecular weight is 524 g/mol. The molecule has 1 aliphatic rings. The Kier molecular flexibility index (Phi) is 14.8. The maximum atomic E-state index is 8.93. The van der Waals surface area contributed by atoms with Crippen molar-refractivity contribution in [2.24, 2.45) is 7.05 Å². The van der Waals surface area contributed by atoms with Crippen molar-refractivity contribution < 1.29 is 15.1 Å². The summed E-state index contributed by atoms with van der Waals surface area (Å²) >= 11 is 0. The number of pyridine rings is 3. The van der Waals surface area contributed by atoms with Gasteiger partial charge in [0.15, 0.2) is 0 Å². The van der Waals surface area contributed by atoms with Crippen LogP contribution in [0.15, 0.2) is 49.2 Å². The lowest BCUT2D eigenvalue weighted by Crippen LogP contribution is -1.98. The van der Waals surface area contributed by atoms with Gasteiger partial charge in [-0.2, -0.15) is 5.10 Å². The van der Waals surface area contributed by atoms with Crippen molar-refractivity contribution in [3.05, 3.63) is 60.3 Å². The molecule has 0 unspecified atom stereocenters. The van der Waals surface area contributed by atoms with Gasteiger partial charge in [0.25, 0.3) is 0 Å². The highest BCUT2D eigenvalue weighted by atomic mass is 16.5. The van der Waals surface area contributed by atoms with E-state index in [9.17, 15) is 0 Å². The van der Waals surface area contributed by atoms with Gasteiger partial charge in [-0.1, -0.05) is 27.2 Å². The minimum atomic E-state index is 0.319. The molecule has 0 bridgehead atoms. The Bertz CT molecular complexity index is 1220. The smallest absolute Gasteiger partial charge is 0.150 e. The van der Waals surface area contributed by atoms with E-state index in [0.29, 0.717) is 18.2 Å². The predicted molar refractivity (Wildman–Crippen MR) is 153 cm³/mol. The lowest BCUT2D eigenvalue weighted by molar-refractivity contribution is -0.0980. The monoisotopic (exact) mass is 523 g/mol. The molecule has 206 valence electrons. The van der Waals surface area contributed by atoms with Gasteiger partial charge in [0.1, 0.15) is 18.4 Å². The van der Waals surface area contributed by atoms with Crippen LogP contribution in [0, 0.1) is 6.92 Å². The summed E-state index contributed by atoms with van der Waals surface area (Å²) in [5, 5.41) is 22.5. The maximum Gasteiger partial charge on any atom is 0.150 e. The average Bonchev–Trinajstić information content (AvgIpc) is 3.70. The molecule has 0 aliphatic heterocycles. The van der Waals surface area contributed by atoms with E-state index in [-0.39, 0.29) is 0 Å². The third-order valence-corrected chi connectivity index (χ3v) is 5.17. The van der Waals surface area contributed by atoms with Crippen LogP contribution in [0.3, 0.4) is 0 Å². The van der Waals surface area contributed by atoms with Gasteiger partial charge in [-0.3, -0.25) is 20.4 Å². The van der Waals surface area contributed by atoms with E-state index in [2.05, 4.69) is 40.1 Å². The second kappa shape index (κ2) is 17.5. The SMILES string of the molecule is C=O.CCC.CCCO.Cc1ccncc1-c1cc2cc(NO)ncc2c(N)n1.Cn1cc(C2CC2)cn1. The first-order valence-corrected chi connectivity index (χ1v) is 12.6. The first-order chi connectivity index (χ1) is 18.4. The highest BCUT2D eigenvalue weighted by Crippen LogP contribution is 2.39. The van der Waals surface area contributed by atoms with E-state index in [4.69, 9.17) is 20.8 Å². The molecule has 5 rings (SSSR count). The Hall–Kier alpha value is -3.89. The molecule has 1 saturated carbocycles. The third kappa shape index (κ3) is 10.2. The number of fused-ring (bicyclic) bond motifs is 1. The van der Waals surface area contributed by atoms with Crippen molar-refractivity contribution in [3.8, 4) is 11.3 Å². The van der Waals surface area contributed by atoms with Crippen molar-refractivity contribution in [3.63, 3.8) is 0 Å². The molecule has 0 atom stereocenters. The number of hydrogen-bond donors (Lipinski definition) is 4. The number of aromatic nitrogens is 5. The molecule has 4 aromatic rings. The summed E-state index contributed by atoms with van der Waals surface area (Å²) in [6.45, 7) is 10.5. The van der Waals surface area contributed by atoms with Crippen LogP contribution in [0.1, 0.15) is 63.5 Å². The van der Waals surface area contributed by atoms with Crippen molar-refractivity contribution >= 4 is 29.2 Å². The number of nitrogens with two attached hydrogens (primary N) is 1. The molecule has 1 aliphatic carbocycles. The lowest BCUT2D eigenvalue weighted by Gasteiger charge is -2.09. The predicted octanol–water partition coefficient (Wildman–Crippen LogP) is 5.30. The lowest BCUT2D eigenvalue weighted by atomic mass is 10.1. The van der Waals surface area contributed by atoms with Crippen LogP contribution in [0.5, 0.6) is 0 Å². The van der Waals surface area contributed by atoms with Crippen LogP contribution in [0.25, 0.3) is 22.0 Å². The van der Waals surface area contributed by atoms with E-state index >= 15 is 0 Å². The molecule has 10 nitrogen and oxygen atoms in total. The highest BCUT2D eigenvalue weighted by molar-refractivity contribution is 5.94. The molecule has 10 heteroatoms. The Labute approximate surface area is 224 Å². The number of nitrogen functional groups attached to an aromatic ring is 1. The van der Waals surface area contributed by atoms with E-state index < -0.39 is 0 Å². The summed E-state index contributed by atoms with van der Waals surface area (Å²) in [7, 11) is 1.96. The number of aryl methyl sites for hydroxylation is 2. The second-order valence-corrected chi connectivity index (χ2v) is 8.64. The number of nitrogens with one attached hydrogen (secondary N) is 1. The number of hydrogen-bond acceptors (Lipinski definition) is 9. The van der Waals surface area contributed by atoms with Crippen molar-refractivity contribution in [1.29, 1.82) is 0 Å². The summed E-state index contributed by atoms with van der Waals surface area (Å²) in [6, 6.07) is 5.53. The number of nitrogens with zero attached hydrogens (tertiary/aromatic N) is 5. The van der Waals surface area contributed by atoms with Gasteiger partial charge in [-0.25, -0.2) is 9.97 Å². The fraction of sp³-hybridized carbons (Fsp3) is 0.393. The van der Waals surface area contributed by atoms with E-state index in [1.807, 2.05) is 56.2 Å². The molecule has 4 aromatic heterocycles. The van der Waals surface area contributed by atoms with Crippen LogP contribution in [-0.2, 0) is 11.8 Å². The van der Waals surface area contributed by atoms with Crippen molar-refractivity contribution in [2.75, 3.05) is 17.8 Å². The van der Waals surface area contributed by atoms with Crippen LogP contribution in [0.2, 0.25) is 0 Å². The van der Waals surface area contributed by atoms with Crippen LogP contribution in [-0.4, -0.2) is 48.4 Å². The number of aliphatic hydroxyl groups is 1. The molecule has 1 fully saturated rings. The van der Waals surface area contributed by atoms with Gasteiger partial charge in [0.2, 0.25) is 0 Å². The van der Waals surface area contributed by atoms with Gasteiger partial charge in [-0.05, 0) is 66.8 Å². The molecule has 5 N–H and O–H groups in total. The minimum Gasteiger partial charge on any atom is -0.396 e. The maximum absolute atomic E-state index is 8.93. The molecule has 0 spiro atoms. The Morgan fingerprint density at radius 2 is 1.82 bits per heavy atom. The van der Waals surface area contributed by atoms with E-state index in [0.717, 1.165) is 39.9 Å². The van der Waals surface area contributed by atoms with Crippen LogP contribution in [0.4, 0.5) is 11.6 Å². The minimum absolute atomic E-state index is 0.319. The Morgan fingerprint density at radius 3 is 2.32 bits per heavy atom. The molecular formula is C28H41N7O3. The normalized spacial score (nSPS) is 11.3. The standard InChI is InChI=1S/C14H13N5O.C7H10N2.C3H8O.C3H8.CH2O/c1-8-2-3-16-6-10(8)12-4-9-5-13(19-20)17-7-11(9)14(15)18-12;1-9-5-7(4-8-9)6-2-3-6;1-2-3-4;1-3-2;1-2/h2-7,20H,1H3,(H2,15,18)(H,17,19);4-6H,2-3H2,1H3;4H,2-3H2,1H3;3H2,1-2H3;1H2. The van der Waals surface area contributed by atoms with Crippen molar-refractivity contribution in [1.82, 2.24) is 24.7 Å². The van der Waals surface area contributed by atoms with Crippen LogP contribution < -0.4 is 11.2 Å². The summed E-state index contributed by atoms with van der Waals surface area (Å²) < 4.78 is 1.87. The zero-order chi connectivity index (χ0) is 28.5. The zero-order valence-corrected chi connectivity index (χ0v) is 23.1.